The van der Waals surface area contributed by atoms with Crippen molar-refractivity contribution in [2.45, 2.75) is 26.5 Å². The van der Waals surface area contributed by atoms with Crippen LogP contribution in [0.4, 0.5) is 5.69 Å². The van der Waals surface area contributed by atoms with E-state index in [1.165, 1.54) is 5.56 Å². The molecule has 0 aliphatic rings. The maximum atomic E-state index is 12.7. The second-order valence-electron chi connectivity index (χ2n) is 6.67. The van der Waals surface area contributed by atoms with Crippen molar-refractivity contribution in [3.05, 3.63) is 76.6 Å². The van der Waals surface area contributed by atoms with E-state index < -0.39 is 10.8 Å². The summed E-state index contributed by atoms with van der Waals surface area (Å²) in [5.41, 5.74) is 5.90. The van der Waals surface area contributed by atoms with Crippen molar-refractivity contribution in [2.24, 2.45) is 0 Å². The molecule has 1 heterocycles. The van der Waals surface area contributed by atoms with Crippen LogP contribution in [0.1, 0.15) is 32.9 Å². The minimum atomic E-state index is -0.948. The van der Waals surface area contributed by atoms with Crippen molar-refractivity contribution >= 4 is 22.4 Å². The SMILES string of the molecule is Cc1ccc(-n2nc(C)c(NC(=O)c3cccc(CS(C)=O)c3)c2C)cc1. The summed E-state index contributed by atoms with van der Waals surface area (Å²) in [6, 6.07) is 15.3. The molecule has 140 valence electrons. The number of rotatable bonds is 5. The van der Waals surface area contributed by atoms with Gasteiger partial charge in [-0.15, -0.1) is 0 Å². The van der Waals surface area contributed by atoms with Crippen molar-refractivity contribution in [3.63, 3.8) is 0 Å². The summed E-state index contributed by atoms with van der Waals surface area (Å²) in [6.45, 7) is 5.86. The molecule has 0 aliphatic heterocycles. The lowest BCUT2D eigenvalue weighted by molar-refractivity contribution is 0.102. The summed E-state index contributed by atoms with van der Waals surface area (Å²) in [5.74, 6) is 0.234. The minimum absolute atomic E-state index is 0.201. The first-order chi connectivity index (χ1) is 12.8. The van der Waals surface area contributed by atoms with E-state index >= 15 is 0 Å². The molecule has 0 radical (unpaired) electrons. The Morgan fingerprint density at radius 2 is 1.81 bits per heavy atom. The van der Waals surface area contributed by atoms with Crippen LogP contribution < -0.4 is 5.32 Å². The van der Waals surface area contributed by atoms with Crippen LogP contribution in [0.25, 0.3) is 5.69 Å². The summed E-state index contributed by atoms with van der Waals surface area (Å²) in [5, 5.41) is 7.55. The largest absolute Gasteiger partial charge is 0.319 e. The van der Waals surface area contributed by atoms with Crippen LogP contribution >= 0.6 is 0 Å². The van der Waals surface area contributed by atoms with Crippen molar-refractivity contribution < 1.29 is 9.00 Å². The highest BCUT2D eigenvalue weighted by Gasteiger charge is 2.16. The number of nitrogens with zero attached hydrogens (tertiary/aromatic N) is 2. The summed E-state index contributed by atoms with van der Waals surface area (Å²) >= 11 is 0. The monoisotopic (exact) mass is 381 g/mol. The number of amides is 1. The Kier molecular flexibility index (Phi) is 5.56. The zero-order chi connectivity index (χ0) is 19.6. The van der Waals surface area contributed by atoms with Gasteiger partial charge in [-0.25, -0.2) is 4.68 Å². The number of hydrogen-bond acceptors (Lipinski definition) is 3. The molecule has 3 rings (SSSR count). The molecule has 0 fully saturated rings. The van der Waals surface area contributed by atoms with Crippen LogP contribution in [0.3, 0.4) is 0 Å². The van der Waals surface area contributed by atoms with Gasteiger partial charge in [0, 0.05) is 28.4 Å². The van der Waals surface area contributed by atoms with E-state index in [9.17, 15) is 9.00 Å². The maximum Gasteiger partial charge on any atom is 0.255 e. The number of anilines is 1. The molecule has 0 saturated heterocycles. The molecule has 1 N–H and O–H groups in total. The van der Waals surface area contributed by atoms with Gasteiger partial charge < -0.3 is 5.32 Å². The normalized spacial score (nSPS) is 12.0. The average Bonchev–Trinajstić information content (AvgIpc) is 2.90. The molecule has 1 aromatic heterocycles. The van der Waals surface area contributed by atoms with Crippen molar-refractivity contribution in [3.8, 4) is 5.69 Å². The van der Waals surface area contributed by atoms with E-state index in [0.29, 0.717) is 17.0 Å². The molecule has 1 atom stereocenters. The molecule has 3 aromatic rings. The van der Waals surface area contributed by atoms with Crippen LogP contribution in [-0.4, -0.2) is 26.2 Å². The average molecular weight is 382 g/mol. The molecule has 0 spiro atoms. The summed E-state index contributed by atoms with van der Waals surface area (Å²) in [6.07, 6.45) is 1.65. The molecule has 0 aliphatic carbocycles. The van der Waals surface area contributed by atoms with Crippen LogP contribution in [0.2, 0.25) is 0 Å². The summed E-state index contributed by atoms with van der Waals surface area (Å²) < 4.78 is 13.3. The Hall–Kier alpha value is -2.73. The Balaban J connectivity index is 1.86. The highest BCUT2D eigenvalue weighted by molar-refractivity contribution is 7.83. The van der Waals surface area contributed by atoms with E-state index in [-0.39, 0.29) is 5.91 Å². The van der Waals surface area contributed by atoms with Crippen molar-refractivity contribution in [2.75, 3.05) is 11.6 Å². The maximum absolute atomic E-state index is 12.7. The number of aromatic nitrogens is 2. The van der Waals surface area contributed by atoms with Gasteiger partial charge in [0.05, 0.1) is 22.8 Å². The number of carbonyl (C=O) groups is 1. The molecular weight excluding hydrogens is 358 g/mol. The third kappa shape index (κ3) is 4.34. The fraction of sp³-hybridized carbons (Fsp3) is 0.238. The predicted molar refractivity (Wildman–Crippen MR) is 110 cm³/mol. The van der Waals surface area contributed by atoms with E-state index in [4.69, 9.17) is 0 Å². The van der Waals surface area contributed by atoms with Crippen molar-refractivity contribution in [1.29, 1.82) is 0 Å². The highest BCUT2D eigenvalue weighted by atomic mass is 32.2. The Morgan fingerprint density at radius 1 is 1.11 bits per heavy atom. The number of aryl methyl sites for hydroxylation is 2. The lowest BCUT2D eigenvalue weighted by Gasteiger charge is -2.08. The smallest absolute Gasteiger partial charge is 0.255 e. The minimum Gasteiger partial charge on any atom is -0.319 e. The number of hydrogen-bond donors (Lipinski definition) is 1. The van der Waals surface area contributed by atoms with Gasteiger partial charge in [0.2, 0.25) is 0 Å². The van der Waals surface area contributed by atoms with Gasteiger partial charge in [-0.2, -0.15) is 5.10 Å². The van der Waals surface area contributed by atoms with Crippen LogP contribution in [0.5, 0.6) is 0 Å². The second kappa shape index (κ2) is 7.88. The van der Waals surface area contributed by atoms with Gasteiger partial charge >= 0.3 is 0 Å². The van der Waals surface area contributed by atoms with Crippen LogP contribution in [-0.2, 0) is 16.6 Å². The van der Waals surface area contributed by atoms with E-state index in [1.54, 1.807) is 18.4 Å². The van der Waals surface area contributed by atoms with Gasteiger partial charge in [0.25, 0.3) is 5.91 Å². The van der Waals surface area contributed by atoms with Crippen molar-refractivity contribution in [1.82, 2.24) is 9.78 Å². The first-order valence-electron chi connectivity index (χ1n) is 8.68. The Bertz CT molecular complexity index is 1010. The molecule has 0 saturated carbocycles. The third-order valence-corrected chi connectivity index (χ3v) is 5.11. The molecule has 6 heteroatoms. The zero-order valence-corrected chi connectivity index (χ0v) is 16.8. The lowest BCUT2D eigenvalue weighted by atomic mass is 10.1. The third-order valence-electron chi connectivity index (χ3n) is 4.37. The summed E-state index contributed by atoms with van der Waals surface area (Å²) in [7, 11) is -0.948. The van der Waals surface area contributed by atoms with Gasteiger partial charge in [0.1, 0.15) is 0 Å². The first-order valence-corrected chi connectivity index (χ1v) is 10.4. The van der Waals surface area contributed by atoms with E-state index in [0.717, 1.165) is 22.6 Å². The van der Waals surface area contributed by atoms with E-state index in [2.05, 4.69) is 10.4 Å². The fourth-order valence-corrected chi connectivity index (χ4v) is 3.63. The Morgan fingerprint density at radius 3 is 2.48 bits per heavy atom. The molecule has 5 nitrogen and oxygen atoms in total. The molecular formula is C21H23N3O2S. The Labute approximate surface area is 161 Å². The first kappa shape index (κ1) is 19.0. The van der Waals surface area contributed by atoms with Gasteiger partial charge in [-0.1, -0.05) is 29.8 Å². The van der Waals surface area contributed by atoms with Gasteiger partial charge in [-0.3, -0.25) is 9.00 Å². The lowest BCUT2D eigenvalue weighted by Crippen LogP contribution is -2.13. The molecule has 1 unspecified atom stereocenters. The standard InChI is InChI=1S/C21H23N3O2S/c1-14-8-10-19(11-9-14)24-16(3)20(15(2)23-24)22-21(25)18-7-5-6-17(12-18)13-27(4)26/h5-12H,13H2,1-4H3,(H,22,25). The van der Waals surface area contributed by atoms with Crippen LogP contribution in [0.15, 0.2) is 48.5 Å². The predicted octanol–water partition coefficient (Wildman–Crippen LogP) is 3.93. The summed E-state index contributed by atoms with van der Waals surface area (Å²) in [4.78, 5) is 12.7. The highest BCUT2D eigenvalue weighted by Crippen LogP contribution is 2.24. The molecule has 2 aromatic carbocycles. The second-order valence-corrected chi connectivity index (χ2v) is 8.10. The quantitative estimate of drug-likeness (QED) is 0.728. The number of nitrogens with one attached hydrogen (secondary N) is 1. The number of benzene rings is 2. The van der Waals surface area contributed by atoms with Crippen LogP contribution in [0, 0.1) is 20.8 Å². The van der Waals surface area contributed by atoms with Gasteiger partial charge in [-0.05, 0) is 50.6 Å². The molecule has 1 amide bonds. The molecule has 27 heavy (non-hydrogen) atoms. The topological polar surface area (TPSA) is 64.0 Å². The zero-order valence-electron chi connectivity index (χ0n) is 15.9. The fourth-order valence-electron chi connectivity index (χ4n) is 2.98. The number of carbonyl (C=O) groups excluding carboxylic acids is 1. The van der Waals surface area contributed by atoms with Gasteiger partial charge in [0.15, 0.2) is 0 Å². The molecule has 0 bridgehead atoms. The van der Waals surface area contributed by atoms with E-state index in [1.807, 2.05) is 61.9 Å².